The molecule has 2 heterocycles. The first-order chi connectivity index (χ1) is 12.8. The Morgan fingerprint density at radius 3 is 2.74 bits per heavy atom. The van der Waals surface area contributed by atoms with E-state index in [0.717, 1.165) is 48.1 Å². The van der Waals surface area contributed by atoms with E-state index < -0.39 is 0 Å². The van der Waals surface area contributed by atoms with Crippen LogP contribution in [0.4, 0.5) is 0 Å². The summed E-state index contributed by atoms with van der Waals surface area (Å²) in [5.41, 5.74) is 3.09. The molecule has 0 saturated heterocycles. The summed E-state index contributed by atoms with van der Waals surface area (Å²) in [7, 11) is 1.68. The summed E-state index contributed by atoms with van der Waals surface area (Å²) >= 11 is 0. The number of nitrogens with one attached hydrogen (secondary N) is 2. The van der Waals surface area contributed by atoms with Crippen molar-refractivity contribution in [3.05, 3.63) is 66.1 Å². The van der Waals surface area contributed by atoms with Gasteiger partial charge in [-0.1, -0.05) is 24.3 Å². The Morgan fingerprint density at radius 2 is 1.96 bits per heavy atom. The average Bonchev–Trinajstić information content (AvgIpc) is 3.09. The normalized spacial score (nSPS) is 11.1. The van der Waals surface area contributed by atoms with Crippen molar-refractivity contribution in [2.24, 2.45) is 4.99 Å². The minimum atomic E-state index is 0. The van der Waals surface area contributed by atoms with Crippen molar-refractivity contribution >= 4 is 35.6 Å². The number of halogens is 1. The minimum absolute atomic E-state index is 0. The molecule has 3 rings (SSSR count). The zero-order chi connectivity index (χ0) is 18.2. The summed E-state index contributed by atoms with van der Waals surface area (Å²) < 4.78 is 7.42. The molecule has 0 bridgehead atoms. The van der Waals surface area contributed by atoms with Gasteiger partial charge in [-0.3, -0.25) is 0 Å². The summed E-state index contributed by atoms with van der Waals surface area (Å²) in [6, 6.07) is 14.0. The summed E-state index contributed by atoms with van der Waals surface area (Å²) in [6.07, 6.45) is 4.91. The largest absolute Gasteiger partial charge is 0.496 e. The van der Waals surface area contributed by atoms with Gasteiger partial charge in [0.25, 0.3) is 0 Å². The Balaban J connectivity index is 0.00000261. The van der Waals surface area contributed by atoms with Gasteiger partial charge >= 0.3 is 0 Å². The lowest BCUT2D eigenvalue weighted by Crippen LogP contribution is -2.38. The van der Waals surface area contributed by atoms with Gasteiger partial charge in [0.05, 0.1) is 19.3 Å². The van der Waals surface area contributed by atoms with Crippen molar-refractivity contribution in [2.75, 3.05) is 20.2 Å². The number of aliphatic imine (C=N–C) groups is 1. The molecule has 0 amide bonds. The van der Waals surface area contributed by atoms with Gasteiger partial charge in [0.1, 0.15) is 11.4 Å². The number of guanidine groups is 1. The molecule has 0 unspecified atom stereocenters. The van der Waals surface area contributed by atoms with Crippen molar-refractivity contribution < 1.29 is 4.74 Å². The highest BCUT2D eigenvalue weighted by molar-refractivity contribution is 14.0. The van der Waals surface area contributed by atoms with Crippen LogP contribution < -0.4 is 15.4 Å². The van der Waals surface area contributed by atoms with E-state index in [1.807, 2.05) is 53.1 Å². The first-order valence-corrected chi connectivity index (χ1v) is 8.87. The topological polar surface area (TPSA) is 63.0 Å². The number of benzene rings is 1. The number of hydrogen-bond acceptors (Lipinski definition) is 3. The third kappa shape index (κ3) is 5.85. The lowest BCUT2D eigenvalue weighted by atomic mass is 10.2. The van der Waals surface area contributed by atoms with E-state index in [0.29, 0.717) is 6.54 Å². The number of ether oxygens (including phenoxy) is 1. The Labute approximate surface area is 177 Å². The second-order valence-electron chi connectivity index (χ2n) is 5.88. The first kappa shape index (κ1) is 21.0. The van der Waals surface area contributed by atoms with Crippen LogP contribution in [0.5, 0.6) is 5.75 Å². The highest BCUT2D eigenvalue weighted by atomic mass is 127. The predicted molar refractivity (Wildman–Crippen MR) is 120 cm³/mol. The molecule has 0 saturated carbocycles. The molecule has 0 aliphatic heterocycles. The van der Waals surface area contributed by atoms with Gasteiger partial charge in [0, 0.05) is 37.5 Å². The van der Waals surface area contributed by atoms with Gasteiger partial charge in [-0.15, -0.1) is 24.0 Å². The van der Waals surface area contributed by atoms with Crippen LogP contribution in [0.2, 0.25) is 0 Å². The standard InChI is InChI=1S/C20H25N5O.HI/c1-3-21-20(23-14-16-8-4-5-9-18(16)26-2)22-12-11-17-15-25-13-7-6-10-19(25)24-17;/h4-10,13,15H,3,11-12,14H2,1-2H3,(H2,21,22,23);1H. The molecular formula is C20H26IN5O. The molecule has 27 heavy (non-hydrogen) atoms. The smallest absolute Gasteiger partial charge is 0.191 e. The van der Waals surface area contributed by atoms with Gasteiger partial charge < -0.3 is 19.8 Å². The Kier molecular flexibility index (Phi) is 8.38. The fourth-order valence-electron chi connectivity index (χ4n) is 2.76. The molecule has 0 radical (unpaired) electrons. The van der Waals surface area contributed by atoms with E-state index in [1.165, 1.54) is 0 Å². The molecule has 1 aromatic carbocycles. The molecule has 0 atom stereocenters. The van der Waals surface area contributed by atoms with Gasteiger partial charge in [0.15, 0.2) is 5.96 Å². The minimum Gasteiger partial charge on any atom is -0.496 e. The van der Waals surface area contributed by atoms with Gasteiger partial charge in [-0.05, 0) is 25.1 Å². The van der Waals surface area contributed by atoms with Crippen molar-refractivity contribution in [1.29, 1.82) is 0 Å². The average molecular weight is 479 g/mol. The number of para-hydroxylation sites is 1. The molecular weight excluding hydrogens is 453 g/mol. The maximum Gasteiger partial charge on any atom is 0.191 e. The number of hydrogen-bond donors (Lipinski definition) is 2. The monoisotopic (exact) mass is 479 g/mol. The van der Waals surface area contributed by atoms with Crippen LogP contribution in [-0.4, -0.2) is 35.5 Å². The van der Waals surface area contributed by atoms with Crippen LogP contribution >= 0.6 is 24.0 Å². The third-order valence-electron chi connectivity index (χ3n) is 4.03. The van der Waals surface area contributed by atoms with E-state index in [-0.39, 0.29) is 24.0 Å². The maximum absolute atomic E-state index is 5.38. The second kappa shape index (κ2) is 10.8. The van der Waals surface area contributed by atoms with Crippen molar-refractivity contribution in [3.63, 3.8) is 0 Å². The van der Waals surface area contributed by atoms with E-state index in [1.54, 1.807) is 7.11 Å². The van der Waals surface area contributed by atoms with E-state index in [4.69, 9.17) is 4.74 Å². The quantitative estimate of drug-likeness (QED) is 0.310. The molecule has 144 valence electrons. The van der Waals surface area contributed by atoms with Crippen molar-refractivity contribution in [1.82, 2.24) is 20.0 Å². The Morgan fingerprint density at radius 1 is 1.15 bits per heavy atom. The van der Waals surface area contributed by atoms with Crippen LogP contribution in [0, 0.1) is 0 Å². The molecule has 7 heteroatoms. The van der Waals surface area contributed by atoms with Crippen LogP contribution in [0.3, 0.4) is 0 Å². The Bertz CT molecular complexity index is 844. The maximum atomic E-state index is 5.38. The number of aromatic nitrogens is 2. The zero-order valence-electron chi connectivity index (χ0n) is 15.7. The number of imidazole rings is 1. The second-order valence-corrected chi connectivity index (χ2v) is 5.88. The molecule has 0 aliphatic rings. The molecule has 2 N–H and O–H groups in total. The molecule has 6 nitrogen and oxygen atoms in total. The number of fused-ring (bicyclic) bond motifs is 1. The predicted octanol–water partition coefficient (Wildman–Crippen LogP) is 3.26. The molecule has 2 aromatic heterocycles. The number of rotatable bonds is 7. The summed E-state index contributed by atoms with van der Waals surface area (Å²) in [5.74, 6) is 1.65. The molecule has 0 fully saturated rings. The third-order valence-corrected chi connectivity index (χ3v) is 4.03. The van der Waals surface area contributed by atoms with E-state index in [2.05, 4.69) is 33.7 Å². The van der Waals surface area contributed by atoms with Crippen molar-refractivity contribution in [2.45, 2.75) is 19.9 Å². The number of pyridine rings is 1. The SMILES string of the molecule is CCNC(=NCc1ccccc1OC)NCCc1cn2ccccc2n1.I. The Hall–Kier alpha value is -2.29. The molecule has 3 aromatic rings. The summed E-state index contributed by atoms with van der Waals surface area (Å²) in [4.78, 5) is 9.27. The lowest BCUT2D eigenvalue weighted by molar-refractivity contribution is 0.410. The summed E-state index contributed by atoms with van der Waals surface area (Å²) in [6.45, 7) is 4.20. The molecule has 0 aliphatic carbocycles. The van der Waals surface area contributed by atoms with Crippen molar-refractivity contribution in [3.8, 4) is 5.75 Å². The summed E-state index contributed by atoms with van der Waals surface area (Å²) in [5, 5.41) is 6.65. The first-order valence-electron chi connectivity index (χ1n) is 8.87. The number of methoxy groups -OCH3 is 1. The van der Waals surface area contributed by atoms with E-state index >= 15 is 0 Å². The van der Waals surface area contributed by atoms with Gasteiger partial charge in [-0.25, -0.2) is 9.98 Å². The lowest BCUT2D eigenvalue weighted by Gasteiger charge is -2.11. The van der Waals surface area contributed by atoms with Crippen LogP contribution in [0.25, 0.3) is 5.65 Å². The van der Waals surface area contributed by atoms with E-state index in [9.17, 15) is 0 Å². The highest BCUT2D eigenvalue weighted by Crippen LogP contribution is 2.17. The van der Waals surface area contributed by atoms with Crippen LogP contribution in [-0.2, 0) is 13.0 Å². The number of nitrogens with zero attached hydrogens (tertiary/aromatic N) is 3. The fourth-order valence-corrected chi connectivity index (χ4v) is 2.76. The highest BCUT2D eigenvalue weighted by Gasteiger charge is 2.04. The zero-order valence-corrected chi connectivity index (χ0v) is 18.0. The fraction of sp³-hybridized carbons (Fsp3) is 0.300. The van der Waals surface area contributed by atoms with Crippen LogP contribution in [0.15, 0.2) is 59.9 Å². The molecule has 0 spiro atoms. The van der Waals surface area contributed by atoms with Gasteiger partial charge in [0.2, 0.25) is 0 Å². The van der Waals surface area contributed by atoms with Crippen LogP contribution in [0.1, 0.15) is 18.2 Å². The van der Waals surface area contributed by atoms with Gasteiger partial charge in [-0.2, -0.15) is 0 Å².